The summed E-state index contributed by atoms with van der Waals surface area (Å²) >= 11 is 0. The van der Waals surface area contributed by atoms with E-state index in [2.05, 4.69) is 15.3 Å². The Labute approximate surface area is 107 Å². The van der Waals surface area contributed by atoms with Gasteiger partial charge in [0.25, 0.3) is 0 Å². The molecular weight excluding hydrogens is 232 g/mol. The van der Waals surface area contributed by atoms with Crippen LogP contribution in [0.4, 0.5) is 0 Å². The van der Waals surface area contributed by atoms with E-state index in [1.165, 1.54) is 19.0 Å². The molecule has 1 fully saturated rings. The van der Waals surface area contributed by atoms with Crippen LogP contribution in [0.3, 0.4) is 0 Å². The largest absolute Gasteiger partial charge is 0.478 e. The van der Waals surface area contributed by atoms with Crippen LogP contribution in [0.2, 0.25) is 0 Å². The number of hydrogen-bond acceptors (Lipinski definition) is 4. The van der Waals surface area contributed by atoms with E-state index in [9.17, 15) is 4.79 Å². The predicted molar refractivity (Wildman–Crippen MR) is 67.5 cm³/mol. The van der Waals surface area contributed by atoms with Crippen LogP contribution in [0.25, 0.3) is 0 Å². The lowest BCUT2D eigenvalue weighted by Crippen LogP contribution is -2.37. The summed E-state index contributed by atoms with van der Waals surface area (Å²) in [7, 11) is 3.74. The van der Waals surface area contributed by atoms with Crippen molar-refractivity contribution in [2.75, 3.05) is 20.1 Å². The fourth-order valence-corrected chi connectivity index (χ4v) is 2.59. The van der Waals surface area contributed by atoms with Crippen molar-refractivity contribution in [2.45, 2.75) is 25.4 Å². The van der Waals surface area contributed by atoms with Crippen LogP contribution in [0.1, 0.15) is 28.9 Å². The summed E-state index contributed by atoms with van der Waals surface area (Å²) in [5, 5.41) is 16.4. The van der Waals surface area contributed by atoms with Crippen molar-refractivity contribution in [1.82, 2.24) is 20.0 Å². The van der Waals surface area contributed by atoms with Gasteiger partial charge in [0.05, 0.1) is 11.9 Å². The van der Waals surface area contributed by atoms with Crippen LogP contribution in [-0.4, -0.2) is 51.9 Å². The molecule has 18 heavy (non-hydrogen) atoms. The van der Waals surface area contributed by atoms with Gasteiger partial charge in [-0.2, -0.15) is 5.10 Å². The van der Waals surface area contributed by atoms with Crippen molar-refractivity contribution >= 4 is 5.97 Å². The smallest absolute Gasteiger partial charge is 0.339 e. The summed E-state index contributed by atoms with van der Waals surface area (Å²) in [6.07, 6.45) is 3.77. The molecular formula is C12H20N4O2. The highest BCUT2D eigenvalue weighted by Gasteiger charge is 2.26. The number of hydrogen-bond donors (Lipinski definition) is 2. The third-order valence-electron chi connectivity index (χ3n) is 3.58. The lowest BCUT2D eigenvalue weighted by atomic mass is 10.2. The molecule has 0 aliphatic carbocycles. The zero-order chi connectivity index (χ0) is 13.1. The van der Waals surface area contributed by atoms with Crippen molar-refractivity contribution in [3.8, 4) is 0 Å². The van der Waals surface area contributed by atoms with Gasteiger partial charge >= 0.3 is 5.97 Å². The van der Waals surface area contributed by atoms with Crippen molar-refractivity contribution in [3.63, 3.8) is 0 Å². The second-order valence-electron chi connectivity index (χ2n) is 4.76. The second kappa shape index (κ2) is 5.49. The van der Waals surface area contributed by atoms with Gasteiger partial charge in [0.2, 0.25) is 0 Å². The Morgan fingerprint density at radius 1 is 1.67 bits per heavy atom. The quantitative estimate of drug-likeness (QED) is 0.789. The molecule has 0 amide bonds. The molecule has 2 heterocycles. The highest BCUT2D eigenvalue weighted by Crippen LogP contribution is 2.20. The fraction of sp³-hybridized carbons (Fsp3) is 0.667. The molecule has 100 valence electrons. The van der Waals surface area contributed by atoms with E-state index in [1.54, 1.807) is 11.7 Å². The van der Waals surface area contributed by atoms with Gasteiger partial charge in [-0.25, -0.2) is 4.79 Å². The molecule has 1 atom stereocenters. The predicted octanol–water partition coefficient (Wildman–Crippen LogP) is 0.302. The van der Waals surface area contributed by atoms with Crippen LogP contribution in [0, 0.1) is 0 Å². The Hall–Kier alpha value is -1.40. The Morgan fingerprint density at radius 2 is 2.44 bits per heavy atom. The van der Waals surface area contributed by atoms with Gasteiger partial charge in [-0.3, -0.25) is 9.58 Å². The van der Waals surface area contributed by atoms with E-state index in [1.807, 2.05) is 7.05 Å². The third kappa shape index (κ3) is 2.54. The highest BCUT2D eigenvalue weighted by atomic mass is 16.4. The number of likely N-dealkylation sites (N-methyl/N-ethyl adjacent to an activating group) is 1. The number of carboxylic acids is 1. The molecule has 0 saturated carbocycles. The molecule has 0 bridgehead atoms. The average molecular weight is 252 g/mol. The number of likely N-dealkylation sites (tertiary alicyclic amines) is 1. The molecule has 2 N–H and O–H groups in total. The first-order chi connectivity index (χ1) is 8.63. The van der Waals surface area contributed by atoms with Crippen molar-refractivity contribution in [3.05, 3.63) is 17.5 Å². The first-order valence-corrected chi connectivity index (χ1v) is 6.26. The van der Waals surface area contributed by atoms with Crippen molar-refractivity contribution in [1.29, 1.82) is 0 Å². The third-order valence-corrected chi connectivity index (χ3v) is 3.58. The van der Waals surface area contributed by atoms with Crippen molar-refractivity contribution in [2.24, 2.45) is 7.05 Å². The SMILES string of the molecule is CNCC1CCCN1Cc1c(C(=O)O)cnn1C. The number of aryl methyl sites for hydroxylation is 1. The number of rotatable bonds is 5. The lowest BCUT2D eigenvalue weighted by molar-refractivity contribution is 0.0694. The first-order valence-electron chi connectivity index (χ1n) is 6.26. The molecule has 1 unspecified atom stereocenters. The van der Waals surface area contributed by atoms with E-state index in [0.717, 1.165) is 18.8 Å². The molecule has 1 saturated heterocycles. The molecule has 1 aromatic rings. The number of carboxylic acid groups (broad SMARTS) is 1. The van der Waals surface area contributed by atoms with E-state index in [0.29, 0.717) is 18.2 Å². The molecule has 1 aromatic heterocycles. The maximum atomic E-state index is 11.1. The number of nitrogens with one attached hydrogen (secondary N) is 1. The maximum absolute atomic E-state index is 11.1. The minimum absolute atomic E-state index is 0.313. The minimum atomic E-state index is -0.900. The van der Waals surface area contributed by atoms with Crippen LogP contribution < -0.4 is 5.32 Å². The molecule has 1 aliphatic heterocycles. The second-order valence-corrected chi connectivity index (χ2v) is 4.76. The van der Waals surface area contributed by atoms with Gasteiger partial charge < -0.3 is 10.4 Å². The summed E-state index contributed by atoms with van der Waals surface area (Å²) in [6, 6.07) is 0.492. The van der Waals surface area contributed by atoms with Gasteiger partial charge in [0.15, 0.2) is 0 Å². The Morgan fingerprint density at radius 3 is 3.11 bits per heavy atom. The first kappa shape index (κ1) is 13.0. The molecule has 2 rings (SSSR count). The molecule has 6 heteroatoms. The Balaban J connectivity index is 2.13. The number of carbonyl (C=O) groups is 1. The van der Waals surface area contributed by atoms with Crippen LogP contribution in [0.5, 0.6) is 0 Å². The summed E-state index contributed by atoms with van der Waals surface area (Å²) in [6.45, 7) is 2.63. The van der Waals surface area contributed by atoms with E-state index >= 15 is 0 Å². The van der Waals surface area contributed by atoms with Gasteiger partial charge in [0.1, 0.15) is 5.56 Å². The Bertz CT molecular complexity index is 430. The highest BCUT2D eigenvalue weighted by molar-refractivity contribution is 5.88. The molecule has 6 nitrogen and oxygen atoms in total. The lowest BCUT2D eigenvalue weighted by Gasteiger charge is -2.24. The standard InChI is InChI=1S/C12H20N4O2/c1-13-6-9-4-3-5-16(9)8-11-10(12(17)18)7-14-15(11)2/h7,9,13H,3-6,8H2,1-2H3,(H,17,18). The Kier molecular flexibility index (Phi) is 3.98. The van der Waals surface area contributed by atoms with Crippen LogP contribution >= 0.6 is 0 Å². The molecule has 0 aromatic carbocycles. The van der Waals surface area contributed by atoms with E-state index in [4.69, 9.17) is 5.11 Å². The molecule has 0 spiro atoms. The maximum Gasteiger partial charge on any atom is 0.339 e. The van der Waals surface area contributed by atoms with Gasteiger partial charge in [0, 0.05) is 26.2 Å². The number of aromatic carboxylic acids is 1. The van der Waals surface area contributed by atoms with E-state index in [-0.39, 0.29) is 0 Å². The number of nitrogens with zero attached hydrogens (tertiary/aromatic N) is 3. The molecule has 1 aliphatic rings. The van der Waals surface area contributed by atoms with Crippen molar-refractivity contribution < 1.29 is 9.90 Å². The van der Waals surface area contributed by atoms with Crippen LogP contribution in [0.15, 0.2) is 6.20 Å². The topological polar surface area (TPSA) is 70.4 Å². The zero-order valence-corrected chi connectivity index (χ0v) is 10.9. The van der Waals surface area contributed by atoms with Gasteiger partial charge in [-0.1, -0.05) is 0 Å². The summed E-state index contributed by atoms with van der Waals surface area (Å²) in [4.78, 5) is 13.5. The fourth-order valence-electron chi connectivity index (χ4n) is 2.59. The summed E-state index contributed by atoms with van der Waals surface area (Å²) in [5.41, 5.74) is 1.10. The summed E-state index contributed by atoms with van der Waals surface area (Å²) in [5.74, 6) is -0.900. The summed E-state index contributed by atoms with van der Waals surface area (Å²) < 4.78 is 1.66. The van der Waals surface area contributed by atoms with Crippen LogP contribution in [-0.2, 0) is 13.6 Å². The molecule has 0 radical (unpaired) electrons. The van der Waals surface area contributed by atoms with Gasteiger partial charge in [-0.15, -0.1) is 0 Å². The van der Waals surface area contributed by atoms with E-state index < -0.39 is 5.97 Å². The number of aromatic nitrogens is 2. The minimum Gasteiger partial charge on any atom is -0.478 e. The zero-order valence-electron chi connectivity index (χ0n) is 10.9. The average Bonchev–Trinajstić information content (AvgIpc) is 2.89. The van der Waals surface area contributed by atoms with Gasteiger partial charge in [-0.05, 0) is 26.4 Å². The monoisotopic (exact) mass is 252 g/mol. The normalized spacial score (nSPS) is 20.4.